The quantitative estimate of drug-likeness (QED) is 0.630. The van der Waals surface area contributed by atoms with Crippen LogP contribution in [-0.2, 0) is 0 Å². The largest absolute Gasteiger partial charge is 0.492 e. The summed E-state index contributed by atoms with van der Waals surface area (Å²) in [6, 6.07) is 11.1. The third-order valence-corrected chi connectivity index (χ3v) is 4.85. The van der Waals surface area contributed by atoms with E-state index in [1.165, 1.54) is 30.6 Å². The van der Waals surface area contributed by atoms with Crippen LogP contribution in [0, 0.1) is 0 Å². The van der Waals surface area contributed by atoms with Gasteiger partial charge in [-0.05, 0) is 62.3 Å². The van der Waals surface area contributed by atoms with Crippen molar-refractivity contribution < 1.29 is 4.74 Å². The zero-order chi connectivity index (χ0) is 19.3. The molecule has 8 nitrogen and oxygen atoms in total. The molecule has 3 heterocycles. The first-order chi connectivity index (χ1) is 13.7. The van der Waals surface area contributed by atoms with Crippen molar-refractivity contribution in [1.29, 1.82) is 0 Å². The van der Waals surface area contributed by atoms with E-state index in [-0.39, 0.29) is 5.95 Å². The van der Waals surface area contributed by atoms with Gasteiger partial charge in [0.2, 0.25) is 11.9 Å². The lowest BCUT2D eigenvalue weighted by molar-refractivity contribution is 0.238. The molecule has 146 valence electrons. The van der Waals surface area contributed by atoms with Crippen LogP contribution in [0.2, 0.25) is 5.02 Å². The van der Waals surface area contributed by atoms with Gasteiger partial charge in [0.05, 0.1) is 5.02 Å². The molecular weight excluding hydrogens is 378 g/mol. The molecule has 28 heavy (non-hydrogen) atoms. The average molecular weight is 400 g/mol. The number of rotatable bonds is 7. The number of benzene rings is 1. The predicted molar refractivity (Wildman–Crippen MR) is 109 cm³/mol. The molecule has 1 aliphatic rings. The van der Waals surface area contributed by atoms with Gasteiger partial charge in [-0.1, -0.05) is 11.6 Å². The van der Waals surface area contributed by atoms with E-state index in [0.29, 0.717) is 23.4 Å². The smallest absolute Gasteiger partial charge is 0.248 e. The van der Waals surface area contributed by atoms with E-state index >= 15 is 0 Å². The van der Waals surface area contributed by atoms with Gasteiger partial charge in [0.15, 0.2) is 5.82 Å². The summed E-state index contributed by atoms with van der Waals surface area (Å²) in [6.45, 7) is 4.02. The van der Waals surface area contributed by atoms with Crippen LogP contribution in [0.15, 0.2) is 42.6 Å². The van der Waals surface area contributed by atoms with E-state index in [0.717, 1.165) is 18.0 Å². The van der Waals surface area contributed by atoms with Gasteiger partial charge in [-0.15, -0.1) is 5.10 Å². The fourth-order valence-electron chi connectivity index (χ4n) is 3.13. The third kappa shape index (κ3) is 4.35. The molecule has 0 atom stereocenters. The number of likely N-dealkylation sites (tertiary alicyclic amines) is 1. The lowest BCUT2D eigenvalue weighted by Gasteiger charge is -2.15. The van der Waals surface area contributed by atoms with Gasteiger partial charge in [-0.2, -0.15) is 9.67 Å². The Bertz CT molecular complexity index is 922. The summed E-state index contributed by atoms with van der Waals surface area (Å²) < 4.78 is 7.22. The maximum atomic E-state index is 6.16. The molecule has 0 saturated carbocycles. The van der Waals surface area contributed by atoms with E-state index in [2.05, 4.69) is 25.3 Å². The van der Waals surface area contributed by atoms with Gasteiger partial charge in [0, 0.05) is 18.4 Å². The van der Waals surface area contributed by atoms with Crippen LogP contribution in [0.3, 0.4) is 0 Å². The number of nitrogens with zero attached hydrogens (tertiary/aromatic N) is 5. The average Bonchev–Trinajstić information content (AvgIpc) is 3.33. The van der Waals surface area contributed by atoms with Crippen LogP contribution >= 0.6 is 11.6 Å². The van der Waals surface area contributed by atoms with Crippen molar-refractivity contribution >= 4 is 29.2 Å². The standard InChI is InChI=1S/C19H22ClN7O/c20-16-4-3-9-22-17(16)27-18(21)24-19(25-27)23-14-5-7-15(8-6-14)28-13-12-26-10-1-2-11-26/h3-9H,1-2,10-13H2,(H3,21,23,24,25). The van der Waals surface area contributed by atoms with E-state index < -0.39 is 0 Å². The van der Waals surface area contributed by atoms with Crippen molar-refractivity contribution in [2.75, 3.05) is 37.3 Å². The fraction of sp³-hybridized carbons (Fsp3) is 0.316. The summed E-state index contributed by atoms with van der Waals surface area (Å²) >= 11 is 6.16. The molecule has 0 unspecified atom stereocenters. The van der Waals surface area contributed by atoms with Gasteiger partial charge in [0.25, 0.3) is 0 Å². The molecule has 4 rings (SSSR count). The summed E-state index contributed by atoms with van der Waals surface area (Å²) in [6.07, 6.45) is 4.21. The summed E-state index contributed by atoms with van der Waals surface area (Å²) in [5.41, 5.74) is 6.78. The second kappa shape index (κ2) is 8.45. The second-order valence-electron chi connectivity index (χ2n) is 6.56. The normalized spacial score (nSPS) is 14.3. The number of hydrogen-bond acceptors (Lipinski definition) is 7. The number of aromatic nitrogens is 4. The number of ether oxygens (including phenoxy) is 1. The Hall–Kier alpha value is -2.84. The fourth-order valence-corrected chi connectivity index (χ4v) is 3.33. The van der Waals surface area contributed by atoms with Crippen LogP contribution < -0.4 is 15.8 Å². The van der Waals surface area contributed by atoms with Gasteiger partial charge in [-0.25, -0.2) is 4.98 Å². The SMILES string of the molecule is Nc1nc(Nc2ccc(OCCN3CCCC3)cc2)nn1-c1ncccc1Cl. The van der Waals surface area contributed by atoms with Crippen molar-refractivity contribution in [2.24, 2.45) is 0 Å². The molecule has 0 spiro atoms. The Morgan fingerprint density at radius 3 is 2.68 bits per heavy atom. The summed E-state index contributed by atoms with van der Waals surface area (Å²) in [5.74, 6) is 1.83. The minimum absolute atomic E-state index is 0.199. The Balaban J connectivity index is 1.37. The number of anilines is 3. The summed E-state index contributed by atoms with van der Waals surface area (Å²) in [5, 5.41) is 7.91. The molecule has 3 aromatic rings. The monoisotopic (exact) mass is 399 g/mol. The lowest BCUT2D eigenvalue weighted by Crippen LogP contribution is -2.25. The van der Waals surface area contributed by atoms with E-state index in [1.807, 2.05) is 24.3 Å². The molecule has 1 aromatic carbocycles. The van der Waals surface area contributed by atoms with Gasteiger partial charge < -0.3 is 15.8 Å². The number of nitrogen functional groups attached to an aromatic ring is 1. The number of nitrogens with one attached hydrogen (secondary N) is 1. The number of nitrogens with two attached hydrogens (primary N) is 1. The molecule has 9 heteroatoms. The minimum Gasteiger partial charge on any atom is -0.492 e. The molecule has 1 saturated heterocycles. The maximum absolute atomic E-state index is 6.16. The van der Waals surface area contributed by atoms with Crippen molar-refractivity contribution in [1.82, 2.24) is 24.6 Å². The predicted octanol–water partition coefficient (Wildman–Crippen LogP) is 3.12. The minimum atomic E-state index is 0.199. The summed E-state index contributed by atoms with van der Waals surface area (Å²) in [7, 11) is 0. The Morgan fingerprint density at radius 1 is 1.14 bits per heavy atom. The Kier molecular flexibility index (Phi) is 5.59. The van der Waals surface area contributed by atoms with Crippen molar-refractivity contribution in [3.05, 3.63) is 47.6 Å². The van der Waals surface area contributed by atoms with E-state index in [4.69, 9.17) is 22.1 Å². The molecule has 0 radical (unpaired) electrons. The molecule has 1 aliphatic heterocycles. The highest BCUT2D eigenvalue weighted by molar-refractivity contribution is 6.32. The molecule has 0 bridgehead atoms. The van der Waals surface area contributed by atoms with Crippen LogP contribution in [0.1, 0.15) is 12.8 Å². The van der Waals surface area contributed by atoms with Crippen LogP contribution in [0.25, 0.3) is 5.82 Å². The highest BCUT2D eigenvalue weighted by Gasteiger charge is 2.13. The molecule has 2 aromatic heterocycles. The van der Waals surface area contributed by atoms with Crippen molar-refractivity contribution in [3.8, 4) is 11.6 Å². The zero-order valence-electron chi connectivity index (χ0n) is 15.4. The van der Waals surface area contributed by atoms with E-state index in [1.54, 1.807) is 18.3 Å². The van der Waals surface area contributed by atoms with Crippen molar-refractivity contribution in [2.45, 2.75) is 12.8 Å². The highest BCUT2D eigenvalue weighted by Crippen LogP contribution is 2.22. The maximum Gasteiger partial charge on any atom is 0.248 e. The highest BCUT2D eigenvalue weighted by atomic mass is 35.5. The number of pyridine rings is 1. The second-order valence-corrected chi connectivity index (χ2v) is 6.97. The van der Waals surface area contributed by atoms with Crippen molar-refractivity contribution in [3.63, 3.8) is 0 Å². The number of hydrogen-bond donors (Lipinski definition) is 2. The first kappa shape index (κ1) is 18.5. The molecule has 0 aliphatic carbocycles. The molecule has 1 fully saturated rings. The van der Waals surface area contributed by atoms with Crippen LogP contribution in [-0.4, -0.2) is 50.9 Å². The zero-order valence-corrected chi connectivity index (χ0v) is 16.1. The molecule has 0 amide bonds. The van der Waals surface area contributed by atoms with Crippen LogP contribution in [0.4, 0.5) is 17.6 Å². The Morgan fingerprint density at radius 2 is 1.93 bits per heavy atom. The first-order valence-electron chi connectivity index (χ1n) is 9.25. The molecule has 3 N–H and O–H groups in total. The summed E-state index contributed by atoms with van der Waals surface area (Å²) in [4.78, 5) is 10.8. The van der Waals surface area contributed by atoms with Gasteiger partial charge >= 0.3 is 0 Å². The van der Waals surface area contributed by atoms with Gasteiger partial charge in [0.1, 0.15) is 12.4 Å². The van der Waals surface area contributed by atoms with Gasteiger partial charge in [-0.3, -0.25) is 4.90 Å². The Labute approximate surface area is 168 Å². The molecular formula is C19H22ClN7O. The topological polar surface area (TPSA) is 94.1 Å². The first-order valence-corrected chi connectivity index (χ1v) is 9.62. The third-order valence-electron chi connectivity index (χ3n) is 4.56. The van der Waals surface area contributed by atoms with E-state index in [9.17, 15) is 0 Å². The lowest BCUT2D eigenvalue weighted by atomic mass is 10.3. The number of halogens is 1. The van der Waals surface area contributed by atoms with Crippen LogP contribution in [0.5, 0.6) is 5.75 Å².